The van der Waals surface area contributed by atoms with E-state index in [1.807, 2.05) is 66.7 Å². The lowest BCUT2D eigenvalue weighted by molar-refractivity contribution is -0.116. The van der Waals surface area contributed by atoms with Crippen LogP contribution in [0.25, 0.3) is 10.9 Å². The van der Waals surface area contributed by atoms with E-state index in [1.165, 1.54) is 5.56 Å². The molecule has 0 fully saturated rings. The molecule has 5 heteroatoms. The Morgan fingerprint density at radius 3 is 2.45 bits per heavy atom. The summed E-state index contributed by atoms with van der Waals surface area (Å²) < 4.78 is 6.92. The summed E-state index contributed by atoms with van der Waals surface area (Å²) in [5, 5.41) is 3.84. The first kappa shape index (κ1) is 22.3. The number of methoxy groups -OCH3 is 1. The lowest BCUT2D eigenvalue weighted by atomic mass is 10.0. The standard InChI is InChI=1S/C28H28N2O3/c1-3-20-10-7-11-24(16-20)29-27(31)19-30-26-18-25(33-2)15-14-22(26)17-23(28(30)32)13-12-21-8-5-4-6-9-21/h4-11,14-18H,3,12-13,19H2,1-2H3,(H,29,31). The van der Waals surface area contributed by atoms with Crippen LogP contribution in [0, 0.1) is 0 Å². The SMILES string of the molecule is CCc1cccc(NC(=O)Cn2c(=O)c(CCc3ccccc3)cc3ccc(OC)cc32)c1. The number of nitrogens with zero attached hydrogens (tertiary/aromatic N) is 1. The molecule has 1 N–H and O–H groups in total. The van der Waals surface area contributed by atoms with Gasteiger partial charge >= 0.3 is 0 Å². The molecule has 1 aromatic heterocycles. The van der Waals surface area contributed by atoms with Crippen LogP contribution in [-0.2, 0) is 30.6 Å². The van der Waals surface area contributed by atoms with Crippen LogP contribution in [0.3, 0.4) is 0 Å². The molecule has 0 aliphatic heterocycles. The lowest BCUT2D eigenvalue weighted by Gasteiger charge is -2.14. The van der Waals surface area contributed by atoms with Gasteiger partial charge in [-0.2, -0.15) is 0 Å². The molecule has 0 aliphatic carbocycles. The monoisotopic (exact) mass is 440 g/mol. The third kappa shape index (κ3) is 5.32. The summed E-state index contributed by atoms with van der Waals surface area (Å²) in [5.74, 6) is 0.401. The Kier molecular flexibility index (Phi) is 6.89. The van der Waals surface area contributed by atoms with Crippen molar-refractivity contribution in [3.8, 4) is 5.75 Å². The fraction of sp³-hybridized carbons (Fsp3) is 0.214. The second-order valence-corrected chi connectivity index (χ2v) is 8.07. The molecule has 0 bridgehead atoms. The highest BCUT2D eigenvalue weighted by atomic mass is 16.5. The van der Waals surface area contributed by atoms with Crippen molar-refractivity contribution >= 4 is 22.5 Å². The molecule has 0 atom stereocenters. The molecular formula is C28H28N2O3. The minimum absolute atomic E-state index is 0.0714. The Hall–Kier alpha value is -3.86. The normalized spacial score (nSPS) is 10.8. The van der Waals surface area contributed by atoms with E-state index in [0.717, 1.165) is 29.5 Å². The Balaban J connectivity index is 1.67. The topological polar surface area (TPSA) is 60.3 Å². The molecule has 3 aromatic carbocycles. The minimum Gasteiger partial charge on any atom is -0.497 e. The van der Waals surface area contributed by atoms with Crippen molar-refractivity contribution in [1.29, 1.82) is 0 Å². The van der Waals surface area contributed by atoms with Gasteiger partial charge in [0.05, 0.1) is 12.6 Å². The van der Waals surface area contributed by atoms with Gasteiger partial charge in [-0.25, -0.2) is 0 Å². The molecule has 4 aromatic rings. The number of aryl methyl sites for hydroxylation is 3. The molecule has 1 heterocycles. The summed E-state index contributed by atoms with van der Waals surface area (Å²) in [5.41, 5.74) is 4.27. The van der Waals surface area contributed by atoms with Crippen molar-refractivity contribution in [1.82, 2.24) is 4.57 Å². The molecule has 5 nitrogen and oxygen atoms in total. The summed E-state index contributed by atoms with van der Waals surface area (Å²) in [7, 11) is 1.59. The number of amides is 1. The maximum absolute atomic E-state index is 13.4. The van der Waals surface area contributed by atoms with Crippen molar-refractivity contribution in [3.63, 3.8) is 0 Å². The summed E-state index contributed by atoms with van der Waals surface area (Å²) in [6.45, 7) is 2.00. The predicted molar refractivity (Wildman–Crippen MR) is 133 cm³/mol. The van der Waals surface area contributed by atoms with Crippen LogP contribution in [0.2, 0.25) is 0 Å². The Bertz CT molecular complexity index is 1330. The number of anilines is 1. The van der Waals surface area contributed by atoms with Gasteiger partial charge in [-0.05, 0) is 66.1 Å². The van der Waals surface area contributed by atoms with Gasteiger partial charge in [0.25, 0.3) is 5.56 Å². The number of nitrogens with one attached hydrogen (secondary N) is 1. The molecule has 1 amide bonds. The van der Waals surface area contributed by atoms with E-state index in [-0.39, 0.29) is 18.0 Å². The minimum atomic E-state index is -0.241. The number of hydrogen-bond donors (Lipinski definition) is 1. The fourth-order valence-corrected chi connectivity index (χ4v) is 4.01. The van der Waals surface area contributed by atoms with Crippen LogP contribution >= 0.6 is 0 Å². The number of carbonyl (C=O) groups is 1. The maximum Gasteiger partial charge on any atom is 0.254 e. The molecule has 0 radical (unpaired) electrons. The van der Waals surface area contributed by atoms with Crippen LogP contribution in [0.5, 0.6) is 5.75 Å². The molecule has 168 valence electrons. The summed E-state index contributed by atoms with van der Waals surface area (Å²) >= 11 is 0. The van der Waals surface area contributed by atoms with Gasteiger partial charge in [-0.1, -0.05) is 49.4 Å². The first-order valence-corrected chi connectivity index (χ1v) is 11.2. The zero-order chi connectivity index (χ0) is 23.2. The Labute approximate surface area is 193 Å². The summed E-state index contributed by atoms with van der Waals surface area (Å²) in [6, 6.07) is 25.4. The zero-order valence-electron chi connectivity index (χ0n) is 19.0. The predicted octanol–water partition coefficient (Wildman–Crippen LogP) is 5.00. The first-order chi connectivity index (χ1) is 16.1. The van der Waals surface area contributed by atoms with Crippen molar-refractivity contribution in [3.05, 3.63) is 106 Å². The molecule has 0 saturated carbocycles. The largest absolute Gasteiger partial charge is 0.497 e. The summed E-state index contributed by atoms with van der Waals surface area (Å²) in [6.07, 6.45) is 2.25. The Morgan fingerprint density at radius 2 is 1.70 bits per heavy atom. The highest BCUT2D eigenvalue weighted by Crippen LogP contribution is 2.21. The van der Waals surface area contributed by atoms with Gasteiger partial charge in [0, 0.05) is 17.3 Å². The van der Waals surface area contributed by atoms with Gasteiger partial charge in [0.1, 0.15) is 12.3 Å². The molecular weight excluding hydrogens is 412 g/mol. The van der Waals surface area contributed by atoms with E-state index in [1.54, 1.807) is 11.7 Å². The van der Waals surface area contributed by atoms with E-state index >= 15 is 0 Å². The van der Waals surface area contributed by atoms with Crippen LogP contribution in [-0.4, -0.2) is 17.6 Å². The van der Waals surface area contributed by atoms with E-state index in [4.69, 9.17) is 4.74 Å². The van der Waals surface area contributed by atoms with Gasteiger partial charge in [-0.15, -0.1) is 0 Å². The third-order valence-corrected chi connectivity index (χ3v) is 5.82. The van der Waals surface area contributed by atoms with Crippen LogP contribution in [0.15, 0.2) is 83.7 Å². The average Bonchev–Trinajstić information content (AvgIpc) is 2.85. The fourth-order valence-electron chi connectivity index (χ4n) is 4.01. The molecule has 0 aliphatic rings. The van der Waals surface area contributed by atoms with Gasteiger partial charge in [0.15, 0.2) is 0 Å². The van der Waals surface area contributed by atoms with E-state index in [9.17, 15) is 9.59 Å². The second-order valence-electron chi connectivity index (χ2n) is 8.07. The highest BCUT2D eigenvalue weighted by molar-refractivity contribution is 5.92. The average molecular weight is 441 g/mol. The Morgan fingerprint density at radius 1 is 0.909 bits per heavy atom. The maximum atomic E-state index is 13.4. The number of benzene rings is 3. The number of hydrogen-bond acceptors (Lipinski definition) is 3. The van der Waals surface area contributed by atoms with Crippen LogP contribution in [0.1, 0.15) is 23.6 Å². The second kappa shape index (κ2) is 10.2. The third-order valence-electron chi connectivity index (χ3n) is 5.82. The van der Waals surface area contributed by atoms with Gasteiger partial charge < -0.3 is 10.1 Å². The molecule has 0 spiro atoms. The number of fused-ring (bicyclic) bond motifs is 1. The molecule has 33 heavy (non-hydrogen) atoms. The van der Waals surface area contributed by atoms with Crippen LogP contribution in [0.4, 0.5) is 5.69 Å². The van der Waals surface area contributed by atoms with Gasteiger partial charge in [-0.3, -0.25) is 14.2 Å². The quantitative estimate of drug-likeness (QED) is 0.420. The van der Waals surface area contributed by atoms with E-state index < -0.39 is 0 Å². The number of carbonyl (C=O) groups excluding carboxylic acids is 1. The first-order valence-electron chi connectivity index (χ1n) is 11.2. The number of pyridine rings is 1. The molecule has 0 unspecified atom stereocenters. The van der Waals surface area contributed by atoms with Crippen molar-refractivity contribution < 1.29 is 9.53 Å². The van der Waals surface area contributed by atoms with Gasteiger partial charge in [0.2, 0.25) is 5.91 Å². The molecule has 0 saturated heterocycles. The summed E-state index contributed by atoms with van der Waals surface area (Å²) in [4.78, 5) is 26.4. The van der Waals surface area contributed by atoms with Crippen LogP contribution < -0.4 is 15.6 Å². The molecule has 4 rings (SSSR count). The number of aromatic nitrogens is 1. The highest BCUT2D eigenvalue weighted by Gasteiger charge is 2.14. The van der Waals surface area contributed by atoms with Crippen molar-refractivity contribution in [2.24, 2.45) is 0 Å². The number of ether oxygens (including phenoxy) is 1. The number of rotatable bonds is 8. The van der Waals surface area contributed by atoms with E-state index in [0.29, 0.717) is 23.3 Å². The van der Waals surface area contributed by atoms with Crippen molar-refractivity contribution in [2.75, 3.05) is 12.4 Å². The zero-order valence-corrected chi connectivity index (χ0v) is 19.0. The lowest BCUT2D eigenvalue weighted by Crippen LogP contribution is -2.30. The van der Waals surface area contributed by atoms with Crippen molar-refractivity contribution in [2.45, 2.75) is 32.7 Å². The van der Waals surface area contributed by atoms with E-state index in [2.05, 4.69) is 24.4 Å². The smallest absolute Gasteiger partial charge is 0.254 e.